The highest BCUT2D eigenvalue weighted by Crippen LogP contribution is 2.45. The van der Waals surface area contributed by atoms with Crippen LogP contribution < -0.4 is 0 Å². The molecular weight excluding hydrogens is 1050 g/mol. The van der Waals surface area contributed by atoms with E-state index in [1.807, 2.05) is 0 Å². The van der Waals surface area contributed by atoms with Gasteiger partial charge in [-0.05, 0) is 37.5 Å². The van der Waals surface area contributed by atoms with Crippen molar-refractivity contribution in [1.82, 2.24) is 0 Å². The van der Waals surface area contributed by atoms with Crippen molar-refractivity contribution in [1.29, 1.82) is 0 Å². The third-order valence-electron chi connectivity index (χ3n) is 14.1. The zero-order chi connectivity index (χ0) is 58.7. The van der Waals surface area contributed by atoms with Crippen molar-refractivity contribution < 1.29 is 80.2 Å². The van der Waals surface area contributed by atoms with E-state index in [9.17, 15) is 43.2 Å². The van der Waals surface area contributed by atoms with Crippen molar-refractivity contribution >= 4 is 39.5 Å². The summed E-state index contributed by atoms with van der Waals surface area (Å²) in [5, 5.41) is 10.5. The fourth-order valence-electron chi connectivity index (χ4n) is 8.79. The highest BCUT2D eigenvalue weighted by Gasteiger charge is 2.30. The lowest BCUT2D eigenvalue weighted by atomic mass is 9.99. The molecule has 0 heterocycles. The number of carbonyl (C=O) groups is 4. The van der Waals surface area contributed by atoms with E-state index in [0.717, 1.165) is 102 Å². The number of phosphoric acid groups is 2. The van der Waals surface area contributed by atoms with Gasteiger partial charge in [0.2, 0.25) is 0 Å². The first-order valence-corrected chi connectivity index (χ1v) is 34.5. The quantitative estimate of drug-likeness (QED) is 0.0222. The summed E-state index contributed by atoms with van der Waals surface area (Å²) < 4.78 is 67.7. The molecule has 0 saturated carbocycles. The van der Waals surface area contributed by atoms with E-state index in [4.69, 9.17) is 37.0 Å². The number of aliphatic hydroxyl groups excluding tert-OH is 1. The Kier molecular flexibility index (Phi) is 51.5. The third kappa shape index (κ3) is 53.8. The average molecular weight is 1170 g/mol. The van der Waals surface area contributed by atoms with Gasteiger partial charge in [0.15, 0.2) is 12.2 Å². The number of hydrogen-bond donors (Lipinski definition) is 3. The number of unbranched alkanes of at least 4 members (excludes halogenated alkanes) is 28. The van der Waals surface area contributed by atoms with E-state index in [1.54, 1.807) is 0 Å². The lowest BCUT2D eigenvalue weighted by molar-refractivity contribution is -0.161. The number of ether oxygens (including phenoxy) is 4. The fraction of sp³-hybridized carbons (Fsp3) is 0.933. The van der Waals surface area contributed by atoms with Gasteiger partial charge < -0.3 is 33.8 Å². The van der Waals surface area contributed by atoms with Crippen LogP contribution in [0.5, 0.6) is 0 Å². The Bertz CT molecular complexity index is 1570. The average Bonchev–Trinajstić information content (AvgIpc) is 3.41. The minimum Gasteiger partial charge on any atom is -0.462 e. The van der Waals surface area contributed by atoms with Crippen molar-refractivity contribution in [2.24, 2.45) is 11.8 Å². The number of esters is 4. The molecule has 19 heteroatoms. The van der Waals surface area contributed by atoms with E-state index in [2.05, 4.69) is 41.5 Å². The predicted molar refractivity (Wildman–Crippen MR) is 312 cm³/mol. The molecule has 0 aliphatic carbocycles. The molecule has 0 aromatic carbocycles. The molecule has 3 unspecified atom stereocenters. The molecule has 0 rings (SSSR count). The van der Waals surface area contributed by atoms with Gasteiger partial charge in [-0.2, -0.15) is 0 Å². The molecule has 3 N–H and O–H groups in total. The monoisotopic (exact) mass is 1170 g/mol. The summed E-state index contributed by atoms with van der Waals surface area (Å²) in [5.74, 6) is -0.708. The molecule has 0 radical (unpaired) electrons. The van der Waals surface area contributed by atoms with Gasteiger partial charge in [0.1, 0.15) is 19.3 Å². The zero-order valence-corrected chi connectivity index (χ0v) is 52.4. The second-order valence-electron chi connectivity index (χ2n) is 22.5. The van der Waals surface area contributed by atoms with Crippen LogP contribution in [0.2, 0.25) is 0 Å². The van der Waals surface area contributed by atoms with Gasteiger partial charge in [0.25, 0.3) is 0 Å². The lowest BCUT2D eigenvalue weighted by Crippen LogP contribution is -2.30. The maximum Gasteiger partial charge on any atom is 0.472 e. The zero-order valence-electron chi connectivity index (χ0n) is 50.7. The van der Waals surface area contributed by atoms with Crippen molar-refractivity contribution in [3.05, 3.63) is 0 Å². The maximum atomic E-state index is 12.9. The van der Waals surface area contributed by atoms with Gasteiger partial charge in [-0.15, -0.1) is 0 Å². The van der Waals surface area contributed by atoms with Crippen LogP contribution in [-0.2, 0) is 65.4 Å². The van der Waals surface area contributed by atoms with Gasteiger partial charge in [0.05, 0.1) is 26.4 Å². The summed E-state index contributed by atoms with van der Waals surface area (Å²) in [4.78, 5) is 71.9. The van der Waals surface area contributed by atoms with Crippen LogP contribution in [0.4, 0.5) is 0 Å². The van der Waals surface area contributed by atoms with Crippen LogP contribution >= 0.6 is 15.6 Å². The lowest BCUT2D eigenvalue weighted by Gasteiger charge is -2.21. The molecule has 0 bridgehead atoms. The molecule has 0 aliphatic rings. The van der Waals surface area contributed by atoms with Gasteiger partial charge in [0, 0.05) is 25.7 Å². The summed E-state index contributed by atoms with van der Waals surface area (Å²) in [5.41, 5.74) is 0. The first-order valence-electron chi connectivity index (χ1n) is 31.5. The SMILES string of the molecule is CCCCCCCCCCCCC(=O)OC[C@H](COP(=O)(O)OC[C@@H](O)COP(=O)(O)OC[C@@H](COC(=O)CCCCCCCCCC)OC(=O)CCCCCCCCC(C)C)OC(=O)CCCCCCCCCCC(C)CC. The number of aliphatic hydroxyl groups is 1. The Balaban J connectivity index is 5.23. The van der Waals surface area contributed by atoms with Crippen LogP contribution in [0.25, 0.3) is 0 Å². The number of phosphoric ester groups is 2. The van der Waals surface area contributed by atoms with Crippen LogP contribution in [0.3, 0.4) is 0 Å². The number of hydrogen-bond acceptors (Lipinski definition) is 15. The molecule has 0 aromatic heterocycles. The number of carbonyl (C=O) groups excluding carboxylic acids is 4. The summed E-state index contributed by atoms with van der Waals surface area (Å²) in [7, 11) is -9.87. The second-order valence-corrected chi connectivity index (χ2v) is 25.4. The molecule has 0 saturated heterocycles. The molecule has 79 heavy (non-hydrogen) atoms. The summed E-state index contributed by atoms with van der Waals surface area (Å²) in [6.07, 6.45) is 33.6. The Morgan fingerprint density at radius 1 is 0.367 bits per heavy atom. The first kappa shape index (κ1) is 77.1. The normalized spacial score (nSPS) is 14.8. The van der Waals surface area contributed by atoms with E-state index >= 15 is 0 Å². The van der Waals surface area contributed by atoms with E-state index in [0.29, 0.717) is 31.6 Å². The van der Waals surface area contributed by atoms with Gasteiger partial charge in [-0.1, -0.05) is 241 Å². The Hall–Kier alpha value is -1.94. The third-order valence-corrected chi connectivity index (χ3v) is 16.0. The maximum absolute atomic E-state index is 12.9. The van der Waals surface area contributed by atoms with Crippen molar-refractivity contribution in [2.45, 2.75) is 310 Å². The molecular formula is C60H116O17P2. The summed E-state index contributed by atoms with van der Waals surface area (Å²) in [6.45, 7) is 9.33. The highest BCUT2D eigenvalue weighted by atomic mass is 31.2. The summed E-state index contributed by atoms with van der Waals surface area (Å²) in [6, 6.07) is 0. The molecule has 0 spiro atoms. The van der Waals surface area contributed by atoms with Gasteiger partial charge in [-0.25, -0.2) is 9.13 Å². The molecule has 6 atom stereocenters. The molecule has 0 fully saturated rings. The fourth-order valence-corrected chi connectivity index (χ4v) is 10.4. The van der Waals surface area contributed by atoms with Crippen molar-refractivity contribution in [2.75, 3.05) is 39.6 Å². The van der Waals surface area contributed by atoms with Gasteiger partial charge >= 0.3 is 39.5 Å². The van der Waals surface area contributed by atoms with Crippen LogP contribution in [0.15, 0.2) is 0 Å². The van der Waals surface area contributed by atoms with Crippen molar-refractivity contribution in [3.8, 4) is 0 Å². The molecule has 468 valence electrons. The minimum absolute atomic E-state index is 0.102. The second kappa shape index (κ2) is 52.8. The molecule has 0 amide bonds. The number of rotatable bonds is 59. The largest absolute Gasteiger partial charge is 0.472 e. The van der Waals surface area contributed by atoms with Crippen LogP contribution in [0.1, 0.15) is 292 Å². The predicted octanol–water partition coefficient (Wildman–Crippen LogP) is 16.1. The van der Waals surface area contributed by atoms with Gasteiger partial charge in [-0.3, -0.25) is 37.3 Å². The molecule has 17 nitrogen and oxygen atoms in total. The Morgan fingerprint density at radius 3 is 0.962 bits per heavy atom. The topological polar surface area (TPSA) is 237 Å². The van der Waals surface area contributed by atoms with E-state index in [1.165, 1.54) is 103 Å². The molecule has 0 aliphatic heterocycles. The van der Waals surface area contributed by atoms with E-state index < -0.39 is 97.5 Å². The summed E-state index contributed by atoms with van der Waals surface area (Å²) >= 11 is 0. The smallest absolute Gasteiger partial charge is 0.462 e. The highest BCUT2D eigenvalue weighted by molar-refractivity contribution is 7.47. The van der Waals surface area contributed by atoms with Crippen LogP contribution in [0, 0.1) is 11.8 Å². The first-order chi connectivity index (χ1) is 37.9. The Morgan fingerprint density at radius 2 is 0.646 bits per heavy atom. The van der Waals surface area contributed by atoms with Crippen LogP contribution in [-0.4, -0.2) is 96.7 Å². The Labute approximate surface area is 479 Å². The molecule has 0 aromatic rings. The van der Waals surface area contributed by atoms with E-state index in [-0.39, 0.29) is 25.7 Å². The minimum atomic E-state index is -4.94. The standard InChI is InChI=1S/C60H116O17P2/c1-7-10-12-14-16-18-19-24-31-37-43-58(63)71-48-55(76-59(64)44-38-32-25-21-20-22-29-35-41-53(6)9-3)50-74-78(66,67)72-46-54(61)47-73-79(68,69)75-51-56(49-70-57(62)42-36-30-23-17-15-13-11-8-2)77-60(65)45-39-33-27-26-28-34-40-52(4)5/h52-56,61H,7-51H2,1-6H3,(H,66,67)(H,68,69)/t53?,54-,55-,56-/m1/s1. The van der Waals surface area contributed by atoms with Crippen molar-refractivity contribution in [3.63, 3.8) is 0 Å².